The molecule has 2 aliphatic heterocycles. The summed E-state index contributed by atoms with van der Waals surface area (Å²) >= 11 is 0. The fourth-order valence-corrected chi connectivity index (χ4v) is 2.19. The summed E-state index contributed by atoms with van der Waals surface area (Å²) in [5.41, 5.74) is 0.696. The molecule has 104 valence electrons. The smallest absolute Gasteiger partial charge is 0.334 e. The van der Waals surface area contributed by atoms with Crippen LogP contribution in [0.4, 0.5) is 4.79 Å². The highest BCUT2D eigenvalue weighted by Crippen LogP contribution is 2.33. The molecule has 2 heterocycles. The van der Waals surface area contributed by atoms with Gasteiger partial charge in [-0.1, -0.05) is 6.07 Å². The third-order valence-corrected chi connectivity index (χ3v) is 3.23. The van der Waals surface area contributed by atoms with Gasteiger partial charge in [-0.15, -0.1) is 0 Å². The lowest BCUT2D eigenvalue weighted by molar-refractivity contribution is -0.143. The van der Waals surface area contributed by atoms with Gasteiger partial charge in [-0.25, -0.2) is 4.79 Å². The summed E-state index contributed by atoms with van der Waals surface area (Å²) < 4.78 is 10.4. The monoisotopic (exact) mass is 276 g/mol. The van der Waals surface area contributed by atoms with E-state index in [-0.39, 0.29) is 19.9 Å². The predicted molar refractivity (Wildman–Crippen MR) is 65.9 cm³/mol. The first-order valence-corrected chi connectivity index (χ1v) is 6.17. The fraction of sp³-hybridized carbons (Fsp3) is 0.308. The zero-order chi connectivity index (χ0) is 14.3. The molecule has 0 aromatic heterocycles. The summed E-state index contributed by atoms with van der Waals surface area (Å²) in [6.45, 7) is 2.02. The fourth-order valence-electron chi connectivity index (χ4n) is 2.19. The van der Waals surface area contributed by atoms with E-state index in [1.165, 1.54) is 0 Å². The molecule has 0 atom stereocenters. The molecule has 0 N–H and O–H groups in total. The number of carbonyl (C=O) groups is 3. The number of nitrogens with zero attached hydrogens (tertiary/aromatic N) is 2. The second kappa shape index (κ2) is 4.52. The van der Waals surface area contributed by atoms with E-state index in [9.17, 15) is 14.4 Å². The molecule has 0 unspecified atom stereocenters. The van der Waals surface area contributed by atoms with Crippen molar-refractivity contribution >= 4 is 17.8 Å². The number of amides is 4. The molecule has 0 saturated carbocycles. The average molecular weight is 276 g/mol. The molecule has 1 aromatic rings. The number of carbonyl (C=O) groups excluding carboxylic acids is 3. The summed E-state index contributed by atoms with van der Waals surface area (Å²) in [5.74, 6) is -0.382. The Kier molecular flexibility index (Phi) is 2.81. The average Bonchev–Trinajstić information content (AvgIpc) is 2.98. The largest absolute Gasteiger partial charge is 0.454 e. The van der Waals surface area contributed by atoms with Crippen LogP contribution >= 0.6 is 0 Å². The number of rotatable bonds is 3. The Morgan fingerprint density at radius 2 is 1.75 bits per heavy atom. The molecule has 1 fully saturated rings. The standard InChI is InChI=1S/C13H12N2O5/c1-2-14-11(16)12(17)15(13(14)18)6-8-3-4-9-10(5-8)20-7-19-9/h3-5H,2,6-7H2,1H3. The normalized spacial score (nSPS) is 17.4. The lowest BCUT2D eigenvalue weighted by atomic mass is 10.2. The number of urea groups is 1. The van der Waals surface area contributed by atoms with Crippen molar-refractivity contribution in [3.05, 3.63) is 23.8 Å². The van der Waals surface area contributed by atoms with Gasteiger partial charge >= 0.3 is 17.8 Å². The highest BCUT2D eigenvalue weighted by atomic mass is 16.7. The van der Waals surface area contributed by atoms with Crippen molar-refractivity contribution in [1.82, 2.24) is 9.80 Å². The van der Waals surface area contributed by atoms with Crippen LogP contribution in [0.2, 0.25) is 0 Å². The summed E-state index contributed by atoms with van der Waals surface area (Å²) in [4.78, 5) is 37.2. The van der Waals surface area contributed by atoms with Gasteiger partial charge in [-0.3, -0.25) is 19.4 Å². The maximum atomic E-state index is 11.9. The minimum atomic E-state index is -0.797. The van der Waals surface area contributed by atoms with E-state index in [0.717, 1.165) is 9.80 Å². The molecule has 0 radical (unpaired) electrons. The third kappa shape index (κ3) is 1.78. The first-order valence-electron chi connectivity index (χ1n) is 6.17. The molecule has 0 aliphatic carbocycles. The number of ether oxygens (including phenoxy) is 2. The van der Waals surface area contributed by atoms with E-state index in [2.05, 4.69) is 0 Å². The zero-order valence-electron chi connectivity index (χ0n) is 10.8. The van der Waals surface area contributed by atoms with Crippen molar-refractivity contribution in [2.24, 2.45) is 0 Å². The summed E-state index contributed by atoms with van der Waals surface area (Å²) in [6.07, 6.45) is 0. The Balaban J connectivity index is 1.83. The Morgan fingerprint density at radius 1 is 1.05 bits per heavy atom. The van der Waals surface area contributed by atoms with Gasteiger partial charge in [0.1, 0.15) is 0 Å². The molecule has 0 bridgehead atoms. The van der Waals surface area contributed by atoms with Crippen LogP contribution in [0.15, 0.2) is 18.2 Å². The summed E-state index contributed by atoms with van der Waals surface area (Å²) in [7, 11) is 0. The number of imide groups is 2. The highest BCUT2D eigenvalue weighted by molar-refractivity contribution is 6.44. The molecule has 4 amide bonds. The molecule has 1 saturated heterocycles. The van der Waals surface area contributed by atoms with E-state index in [1.807, 2.05) is 0 Å². The van der Waals surface area contributed by atoms with Crippen LogP contribution in [-0.4, -0.2) is 41.0 Å². The first kappa shape index (κ1) is 12.5. The van der Waals surface area contributed by atoms with Gasteiger partial charge in [0.05, 0.1) is 6.54 Å². The van der Waals surface area contributed by atoms with Crippen molar-refractivity contribution in [2.45, 2.75) is 13.5 Å². The SMILES string of the molecule is CCN1C(=O)C(=O)N(Cc2ccc3c(c2)OCO3)C1=O. The van der Waals surface area contributed by atoms with E-state index in [0.29, 0.717) is 17.1 Å². The Morgan fingerprint density at radius 3 is 2.45 bits per heavy atom. The van der Waals surface area contributed by atoms with Crippen LogP contribution in [0, 0.1) is 0 Å². The van der Waals surface area contributed by atoms with Crippen molar-refractivity contribution in [2.75, 3.05) is 13.3 Å². The molecular weight excluding hydrogens is 264 g/mol. The molecule has 3 rings (SSSR count). The maximum Gasteiger partial charge on any atom is 0.334 e. The van der Waals surface area contributed by atoms with Crippen LogP contribution in [0.25, 0.3) is 0 Å². The van der Waals surface area contributed by atoms with Crippen LogP contribution in [0.5, 0.6) is 11.5 Å². The van der Waals surface area contributed by atoms with E-state index in [4.69, 9.17) is 9.47 Å². The Hall–Kier alpha value is -2.57. The number of hydrogen-bond acceptors (Lipinski definition) is 5. The molecule has 7 heteroatoms. The second-order valence-corrected chi connectivity index (χ2v) is 4.41. The summed E-state index contributed by atoms with van der Waals surface area (Å²) in [6, 6.07) is 4.55. The number of hydrogen-bond donors (Lipinski definition) is 0. The van der Waals surface area contributed by atoms with E-state index < -0.39 is 17.8 Å². The van der Waals surface area contributed by atoms with Gasteiger partial charge in [-0.2, -0.15) is 0 Å². The Bertz CT molecular complexity index is 613. The minimum absolute atomic E-state index is 0.0382. The third-order valence-electron chi connectivity index (χ3n) is 3.23. The van der Waals surface area contributed by atoms with E-state index in [1.54, 1.807) is 25.1 Å². The molecule has 7 nitrogen and oxygen atoms in total. The second-order valence-electron chi connectivity index (χ2n) is 4.41. The van der Waals surface area contributed by atoms with Gasteiger partial charge in [0, 0.05) is 6.54 Å². The van der Waals surface area contributed by atoms with Crippen molar-refractivity contribution < 1.29 is 23.9 Å². The topological polar surface area (TPSA) is 76.2 Å². The quantitative estimate of drug-likeness (QED) is 0.600. The molecule has 1 aromatic carbocycles. The number of likely N-dealkylation sites (N-methyl/N-ethyl adjacent to an activating group) is 1. The first-order chi connectivity index (χ1) is 9.61. The van der Waals surface area contributed by atoms with Gasteiger partial charge in [0.25, 0.3) is 0 Å². The van der Waals surface area contributed by atoms with Crippen molar-refractivity contribution in [1.29, 1.82) is 0 Å². The lowest BCUT2D eigenvalue weighted by Gasteiger charge is -2.14. The maximum absolute atomic E-state index is 11.9. The predicted octanol–water partition coefficient (Wildman–Crippen LogP) is 0.726. The van der Waals surface area contributed by atoms with Crippen molar-refractivity contribution in [3.8, 4) is 11.5 Å². The van der Waals surface area contributed by atoms with E-state index >= 15 is 0 Å². The van der Waals surface area contributed by atoms with Crippen molar-refractivity contribution in [3.63, 3.8) is 0 Å². The molecular formula is C13H12N2O5. The minimum Gasteiger partial charge on any atom is -0.454 e. The van der Waals surface area contributed by atoms with Gasteiger partial charge in [0.2, 0.25) is 6.79 Å². The van der Waals surface area contributed by atoms with Crippen LogP contribution < -0.4 is 9.47 Å². The van der Waals surface area contributed by atoms with Gasteiger partial charge < -0.3 is 9.47 Å². The van der Waals surface area contributed by atoms with Gasteiger partial charge in [0.15, 0.2) is 11.5 Å². The number of fused-ring (bicyclic) bond motifs is 1. The van der Waals surface area contributed by atoms with Crippen LogP contribution in [-0.2, 0) is 16.1 Å². The molecule has 20 heavy (non-hydrogen) atoms. The Labute approximate surface area is 114 Å². The molecule has 0 spiro atoms. The van der Waals surface area contributed by atoms with Crippen LogP contribution in [0.1, 0.15) is 12.5 Å². The van der Waals surface area contributed by atoms with Crippen LogP contribution in [0.3, 0.4) is 0 Å². The van der Waals surface area contributed by atoms with Gasteiger partial charge in [-0.05, 0) is 24.6 Å². The number of benzene rings is 1. The molecule has 2 aliphatic rings. The highest BCUT2D eigenvalue weighted by Gasteiger charge is 2.43. The zero-order valence-corrected chi connectivity index (χ0v) is 10.8. The summed E-state index contributed by atoms with van der Waals surface area (Å²) in [5, 5.41) is 0. The lowest BCUT2D eigenvalue weighted by Crippen LogP contribution is -2.32.